The lowest BCUT2D eigenvalue weighted by molar-refractivity contribution is -0.140. The van der Waals surface area contributed by atoms with Crippen LogP contribution < -0.4 is 10.6 Å². The molecule has 2 amide bonds. The number of pyridine rings is 1. The largest absolute Gasteiger partial charge is 0.469 e. The zero-order valence-corrected chi connectivity index (χ0v) is 17.1. The van der Waals surface area contributed by atoms with E-state index in [0.29, 0.717) is 5.82 Å². The molecule has 2 bridgehead atoms. The lowest BCUT2D eigenvalue weighted by Gasteiger charge is -2.26. The summed E-state index contributed by atoms with van der Waals surface area (Å²) in [5.74, 6) is -0.959. The fourth-order valence-electron chi connectivity index (χ4n) is 4.88. The maximum Gasteiger partial charge on any atom is 0.307 e. The van der Waals surface area contributed by atoms with Gasteiger partial charge in [0.2, 0.25) is 11.8 Å². The van der Waals surface area contributed by atoms with Crippen LogP contribution in [0.3, 0.4) is 0 Å². The summed E-state index contributed by atoms with van der Waals surface area (Å²) in [5, 5.41) is 5.69. The molecule has 0 unspecified atom stereocenters. The standard InChI is InChI=1S/C20H22BrN3O4/c1-28-15(25)6-9-22-18(26)16-12-3-4-13(20(12)7-8-20)17(16)19(27)24-14-5-2-11(21)10-23-14/h2-5,10,12-13,16-17H,6-9H2,1H3,(H,22,26)(H,23,24,27)/t12-,13+,16-,17-/m1/s1. The molecular formula is C20H22BrN3O4. The van der Waals surface area contributed by atoms with Gasteiger partial charge in [-0.25, -0.2) is 4.98 Å². The van der Waals surface area contributed by atoms with Gasteiger partial charge in [0, 0.05) is 17.2 Å². The van der Waals surface area contributed by atoms with Crippen molar-refractivity contribution in [2.45, 2.75) is 19.3 Å². The maximum absolute atomic E-state index is 13.1. The Morgan fingerprint density at radius 1 is 1.18 bits per heavy atom. The Bertz CT molecular complexity index is 834. The molecule has 1 aromatic heterocycles. The first-order chi connectivity index (χ1) is 13.5. The number of hydrogen-bond acceptors (Lipinski definition) is 5. The van der Waals surface area contributed by atoms with Gasteiger partial charge in [-0.05, 0) is 58.2 Å². The first kappa shape index (κ1) is 19.1. The highest BCUT2D eigenvalue weighted by molar-refractivity contribution is 9.10. The van der Waals surface area contributed by atoms with E-state index < -0.39 is 11.8 Å². The topological polar surface area (TPSA) is 97.4 Å². The number of aromatic nitrogens is 1. The molecule has 7 nitrogen and oxygen atoms in total. The Kier molecular flexibility index (Phi) is 4.99. The number of amides is 2. The number of carbonyl (C=O) groups excluding carboxylic acids is 3. The van der Waals surface area contributed by atoms with Crippen molar-refractivity contribution in [1.29, 1.82) is 0 Å². The molecular weight excluding hydrogens is 426 g/mol. The number of rotatable bonds is 6. The third kappa shape index (κ3) is 3.23. The number of nitrogens with zero attached hydrogens (tertiary/aromatic N) is 1. The molecule has 1 spiro atoms. The SMILES string of the molecule is COC(=O)CCNC(=O)[C@H]1[C@H](C(=O)Nc2ccc(Br)cn2)[C@@H]2C=C[C@H]1C21CC1. The second kappa shape index (κ2) is 7.31. The van der Waals surface area contributed by atoms with Gasteiger partial charge in [0.25, 0.3) is 0 Å². The van der Waals surface area contributed by atoms with Gasteiger partial charge in [0.05, 0.1) is 25.4 Å². The van der Waals surface area contributed by atoms with Crippen molar-refractivity contribution in [2.75, 3.05) is 19.0 Å². The van der Waals surface area contributed by atoms with Crippen LogP contribution >= 0.6 is 15.9 Å². The van der Waals surface area contributed by atoms with E-state index in [0.717, 1.165) is 17.3 Å². The molecule has 2 fully saturated rings. The highest BCUT2D eigenvalue weighted by Gasteiger charge is 2.69. The van der Waals surface area contributed by atoms with Gasteiger partial charge >= 0.3 is 5.97 Å². The number of hydrogen-bond donors (Lipinski definition) is 2. The molecule has 148 valence electrons. The Balaban J connectivity index is 1.49. The molecule has 2 N–H and O–H groups in total. The van der Waals surface area contributed by atoms with E-state index in [-0.39, 0.29) is 48.0 Å². The van der Waals surface area contributed by atoms with Gasteiger partial charge in [0.1, 0.15) is 5.82 Å². The average molecular weight is 448 g/mol. The lowest BCUT2D eigenvalue weighted by Crippen LogP contribution is -2.42. The Labute approximate surface area is 171 Å². The maximum atomic E-state index is 13.1. The Morgan fingerprint density at radius 3 is 2.43 bits per heavy atom. The van der Waals surface area contributed by atoms with Gasteiger partial charge < -0.3 is 15.4 Å². The molecule has 4 rings (SSSR count). The van der Waals surface area contributed by atoms with E-state index >= 15 is 0 Å². The molecule has 0 aliphatic heterocycles. The van der Waals surface area contributed by atoms with Crippen molar-refractivity contribution >= 4 is 39.5 Å². The summed E-state index contributed by atoms with van der Waals surface area (Å²) < 4.78 is 5.44. The quantitative estimate of drug-likeness (QED) is 0.514. The van der Waals surface area contributed by atoms with Crippen LogP contribution in [0, 0.1) is 29.1 Å². The minimum Gasteiger partial charge on any atom is -0.469 e. The van der Waals surface area contributed by atoms with Gasteiger partial charge in [0.15, 0.2) is 0 Å². The normalized spacial score (nSPS) is 28.2. The third-order valence-electron chi connectivity index (χ3n) is 6.28. The van der Waals surface area contributed by atoms with Crippen LogP contribution in [-0.2, 0) is 19.1 Å². The van der Waals surface area contributed by atoms with Crippen molar-refractivity contribution < 1.29 is 19.1 Å². The highest BCUT2D eigenvalue weighted by atomic mass is 79.9. The summed E-state index contributed by atoms with van der Waals surface area (Å²) in [6.07, 6.45) is 8.03. The van der Waals surface area contributed by atoms with Crippen molar-refractivity contribution in [2.24, 2.45) is 29.1 Å². The van der Waals surface area contributed by atoms with Crippen LogP contribution in [-0.4, -0.2) is 36.4 Å². The predicted molar refractivity (Wildman–Crippen MR) is 105 cm³/mol. The Morgan fingerprint density at radius 2 is 1.86 bits per heavy atom. The molecule has 1 aromatic rings. The average Bonchev–Trinajstić information content (AvgIpc) is 3.35. The van der Waals surface area contributed by atoms with E-state index in [2.05, 4.69) is 48.4 Å². The molecule has 0 radical (unpaired) electrons. The first-order valence-electron chi connectivity index (χ1n) is 9.41. The van der Waals surface area contributed by atoms with Gasteiger partial charge in [-0.15, -0.1) is 0 Å². The second-order valence-corrected chi connectivity index (χ2v) is 8.60. The van der Waals surface area contributed by atoms with Crippen molar-refractivity contribution in [1.82, 2.24) is 10.3 Å². The molecule has 0 aromatic carbocycles. The number of halogens is 1. The fourth-order valence-corrected chi connectivity index (χ4v) is 5.11. The van der Waals surface area contributed by atoms with Gasteiger partial charge in [-0.2, -0.15) is 0 Å². The Hall–Kier alpha value is -2.22. The molecule has 4 atom stereocenters. The molecule has 2 saturated carbocycles. The van der Waals surface area contributed by atoms with E-state index in [9.17, 15) is 14.4 Å². The number of ether oxygens (including phenoxy) is 1. The van der Waals surface area contributed by atoms with Crippen molar-refractivity contribution in [3.63, 3.8) is 0 Å². The van der Waals surface area contributed by atoms with E-state index in [1.165, 1.54) is 7.11 Å². The lowest BCUT2D eigenvalue weighted by atomic mass is 9.81. The van der Waals surface area contributed by atoms with Crippen LogP contribution in [0.1, 0.15) is 19.3 Å². The highest BCUT2D eigenvalue weighted by Crippen LogP contribution is 2.72. The van der Waals surface area contributed by atoms with Crippen LogP contribution in [0.5, 0.6) is 0 Å². The van der Waals surface area contributed by atoms with E-state index in [1.54, 1.807) is 12.3 Å². The summed E-state index contributed by atoms with van der Waals surface area (Å²) in [6.45, 7) is 0.207. The number of anilines is 1. The summed E-state index contributed by atoms with van der Waals surface area (Å²) in [4.78, 5) is 41.5. The van der Waals surface area contributed by atoms with Crippen molar-refractivity contribution in [3.05, 3.63) is 35.0 Å². The first-order valence-corrected chi connectivity index (χ1v) is 10.2. The minimum atomic E-state index is -0.430. The van der Waals surface area contributed by atoms with Crippen LogP contribution in [0.4, 0.5) is 5.82 Å². The fraction of sp³-hybridized carbons (Fsp3) is 0.500. The van der Waals surface area contributed by atoms with Crippen LogP contribution in [0.15, 0.2) is 35.0 Å². The van der Waals surface area contributed by atoms with Gasteiger partial charge in [-0.3, -0.25) is 14.4 Å². The monoisotopic (exact) mass is 447 g/mol. The molecule has 3 aliphatic carbocycles. The molecule has 1 heterocycles. The number of allylic oxidation sites excluding steroid dienone is 2. The predicted octanol–water partition coefficient (Wildman–Crippen LogP) is 2.29. The summed E-state index contributed by atoms with van der Waals surface area (Å²) >= 11 is 3.33. The zero-order chi connectivity index (χ0) is 19.9. The number of esters is 1. The smallest absolute Gasteiger partial charge is 0.307 e. The minimum absolute atomic E-state index is 0.0551. The molecule has 8 heteroatoms. The summed E-state index contributed by atoms with van der Waals surface area (Å²) in [5.41, 5.74) is 0.0551. The van der Waals surface area contributed by atoms with Gasteiger partial charge in [-0.1, -0.05) is 12.2 Å². The summed E-state index contributed by atoms with van der Waals surface area (Å²) in [6, 6.07) is 3.53. The molecule has 3 aliphatic rings. The van der Waals surface area contributed by atoms with Crippen LogP contribution in [0.25, 0.3) is 0 Å². The zero-order valence-electron chi connectivity index (χ0n) is 15.5. The number of carbonyl (C=O) groups is 3. The van der Waals surface area contributed by atoms with Crippen molar-refractivity contribution in [3.8, 4) is 0 Å². The van der Waals surface area contributed by atoms with E-state index in [1.807, 2.05) is 6.07 Å². The third-order valence-corrected chi connectivity index (χ3v) is 6.75. The van der Waals surface area contributed by atoms with Crippen LogP contribution in [0.2, 0.25) is 0 Å². The molecule has 0 saturated heterocycles. The van der Waals surface area contributed by atoms with E-state index in [4.69, 9.17) is 0 Å². The summed E-state index contributed by atoms with van der Waals surface area (Å²) in [7, 11) is 1.32. The number of nitrogens with one attached hydrogen (secondary N) is 2. The molecule has 28 heavy (non-hydrogen) atoms. The second-order valence-electron chi connectivity index (χ2n) is 7.69. The number of methoxy groups -OCH3 is 1.